The molecule has 2 N–H and O–H groups in total. The number of carbonyl (C=O) groups excluding carboxylic acids is 1. The minimum absolute atomic E-state index is 0.110. The summed E-state index contributed by atoms with van der Waals surface area (Å²) in [5.41, 5.74) is 1.04. The van der Waals surface area contributed by atoms with Crippen molar-refractivity contribution in [3.05, 3.63) is 77.3 Å². The van der Waals surface area contributed by atoms with Crippen molar-refractivity contribution in [3.8, 4) is 17.6 Å². The van der Waals surface area contributed by atoms with Crippen LogP contribution in [0, 0.1) is 11.3 Å². The van der Waals surface area contributed by atoms with Crippen LogP contribution in [-0.2, 0) is 14.8 Å². The van der Waals surface area contributed by atoms with Gasteiger partial charge in [-0.1, -0.05) is 11.6 Å². The molecule has 8 nitrogen and oxygen atoms in total. The largest absolute Gasteiger partial charge is 0.495 e. The van der Waals surface area contributed by atoms with E-state index in [1.54, 1.807) is 36.4 Å². The molecule has 0 unspecified atom stereocenters. The van der Waals surface area contributed by atoms with Gasteiger partial charge in [-0.25, -0.2) is 8.42 Å². The topological polar surface area (TPSA) is 118 Å². The molecule has 0 saturated heterocycles. The molecule has 3 aromatic rings. The summed E-state index contributed by atoms with van der Waals surface area (Å²) in [6.07, 6.45) is 0. The number of rotatable bonds is 8. The highest BCUT2D eigenvalue weighted by Gasteiger charge is 2.21. The zero-order valence-electron chi connectivity index (χ0n) is 16.8. The predicted molar refractivity (Wildman–Crippen MR) is 121 cm³/mol. The van der Waals surface area contributed by atoms with Crippen LogP contribution in [0.1, 0.15) is 5.56 Å². The Hall–Kier alpha value is -3.74. The van der Waals surface area contributed by atoms with Gasteiger partial charge in [0.15, 0.2) is 6.61 Å². The van der Waals surface area contributed by atoms with Gasteiger partial charge >= 0.3 is 0 Å². The number of ether oxygens (including phenoxy) is 2. The van der Waals surface area contributed by atoms with Crippen molar-refractivity contribution >= 4 is 38.9 Å². The fraction of sp³-hybridized carbons (Fsp3) is 0.0909. The van der Waals surface area contributed by atoms with E-state index in [1.165, 1.54) is 37.4 Å². The van der Waals surface area contributed by atoms with Crippen molar-refractivity contribution in [1.29, 1.82) is 5.26 Å². The molecular formula is C22H18ClN3O5S. The first-order valence-corrected chi connectivity index (χ1v) is 11.1. The minimum Gasteiger partial charge on any atom is -0.495 e. The van der Waals surface area contributed by atoms with E-state index in [9.17, 15) is 13.2 Å². The van der Waals surface area contributed by atoms with Gasteiger partial charge < -0.3 is 14.8 Å². The lowest BCUT2D eigenvalue weighted by atomic mass is 10.2. The van der Waals surface area contributed by atoms with Crippen LogP contribution in [0.15, 0.2) is 71.6 Å². The van der Waals surface area contributed by atoms with Crippen LogP contribution in [0.4, 0.5) is 11.4 Å². The maximum atomic E-state index is 12.9. The lowest BCUT2D eigenvalue weighted by molar-refractivity contribution is -0.118. The zero-order valence-corrected chi connectivity index (χ0v) is 18.4. The average Bonchev–Trinajstić information content (AvgIpc) is 2.79. The van der Waals surface area contributed by atoms with Crippen molar-refractivity contribution in [3.63, 3.8) is 0 Å². The molecule has 0 fully saturated rings. The normalized spacial score (nSPS) is 10.7. The van der Waals surface area contributed by atoms with Crippen LogP contribution in [0.3, 0.4) is 0 Å². The summed E-state index contributed by atoms with van der Waals surface area (Å²) in [7, 11) is -2.67. The van der Waals surface area contributed by atoms with Crippen molar-refractivity contribution in [2.24, 2.45) is 0 Å². The van der Waals surface area contributed by atoms with E-state index in [4.69, 9.17) is 26.3 Å². The third kappa shape index (κ3) is 5.91. The maximum Gasteiger partial charge on any atom is 0.265 e. The van der Waals surface area contributed by atoms with E-state index < -0.39 is 15.9 Å². The molecule has 3 rings (SSSR count). The van der Waals surface area contributed by atoms with Gasteiger partial charge in [-0.2, -0.15) is 5.26 Å². The van der Waals surface area contributed by atoms with E-state index >= 15 is 0 Å². The van der Waals surface area contributed by atoms with Crippen LogP contribution in [0.5, 0.6) is 11.5 Å². The minimum atomic E-state index is -4.02. The SMILES string of the molecule is COc1ccc(NC(=O)COc2ccc(C#N)cc2)cc1S(=O)(=O)Nc1ccc(Cl)cc1. The summed E-state index contributed by atoms with van der Waals surface area (Å²) in [6, 6.07) is 18.7. The Balaban J connectivity index is 1.72. The zero-order chi connectivity index (χ0) is 23.1. The molecule has 164 valence electrons. The molecule has 0 aliphatic rings. The number of sulfonamides is 1. The van der Waals surface area contributed by atoms with Gasteiger partial charge in [-0.3, -0.25) is 9.52 Å². The van der Waals surface area contributed by atoms with Gasteiger partial charge in [-0.15, -0.1) is 0 Å². The van der Waals surface area contributed by atoms with Gasteiger partial charge in [0.1, 0.15) is 16.4 Å². The first kappa shape index (κ1) is 22.9. The lowest BCUT2D eigenvalue weighted by Gasteiger charge is -2.14. The number of benzene rings is 3. The van der Waals surface area contributed by atoms with Gasteiger partial charge in [0.2, 0.25) is 0 Å². The number of nitrogens with one attached hydrogen (secondary N) is 2. The Kier molecular flexibility index (Phi) is 7.20. The number of amides is 1. The molecule has 0 radical (unpaired) electrons. The summed E-state index contributed by atoms with van der Waals surface area (Å²) in [5.74, 6) is 0.0381. The van der Waals surface area contributed by atoms with Crippen LogP contribution in [0.2, 0.25) is 5.02 Å². The molecule has 3 aromatic carbocycles. The molecule has 0 atom stereocenters. The van der Waals surface area contributed by atoms with Crippen LogP contribution in [0.25, 0.3) is 0 Å². The third-order valence-electron chi connectivity index (χ3n) is 4.19. The summed E-state index contributed by atoms with van der Waals surface area (Å²) in [6.45, 7) is -0.303. The Morgan fingerprint density at radius 1 is 1.03 bits per heavy atom. The third-order valence-corrected chi connectivity index (χ3v) is 5.84. The van der Waals surface area contributed by atoms with E-state index in [1.807, 2.05) is 6.07 Å². The molecule has 0 saturated carbocycles. The van der Waals surface area contributed by atoms with Crippen LogP contribution >= 0.6 is 11.6 Å². The lowest BCUT2D eigenvalue weighted by Crippen LogP contribution is -2.21. The number of hydrogen-bond acceptors (Lipinski definition) is 6. The standard InChI is InChI=1S/C22H18ClN3O5S/c1-30-20-11-8-18(25-22(27)14-31-19-9-2-15(13-24)3-10-19)12-21(20)32(28,29)26-17-6-4-16(23)5-7-17/h2-12,26H,14H2,1H3,(H,25,27). The molecule has 0 heterocycles. The van der Waals surface area contributed by atoms with Gasteiger partial charge in [0, 0.05) is 16.4 Å². The molecule has 1 amide bonds. The fourth-order valence-corrected chi connectivity index (χ4v) is 4.04. The van der Waals surface area contributed by atoms with Crippen molar-refractivity contribution in [2.75, 3.05) is 23.8 Å². The number of halogens is 1. The number of carbonyl (C=O) groups is 1. The Morgan fingerprint density at radius 3 is 2.31 bits per heavy atom. The second-order valence-corrected chi connectivity index (χ2v) is 8.54. The Morgan fingerprint density at radius 2 is 1.69 bits per heavy atom. The molecule has 0 aliphatic carbocycles. The summed E-state index contributed by atoms with van der Waals surface area (Å²) >= 11 is 5.83. The average molecular weight is 472 g/mol. The monoisotopic (exact) mass is 471 g/mol. The van der Waals surface area contributed by atoms with E-state index in [-0.39, 0.29) is 22.9 Å². The molecule has 0 spiro atoms. The van der Waals surface area contributed by atoms with Crippen molar-refractivity contribution in [1.82, 2.24) is 0 Å². The van der Waals surface area contributed by atoms with Gasteiger partial charge in [0.25, 0.3) is 15.9 Å². The Bertz CT molecular complexity index is 1250. The van der Waals surface area contributed by atoms with Crippen molar-refractivity contribution < 1.29 is 22.7 Å². The quantitative estimate of drug-likeness (QED) is 0.512. The molecule has 10 heteroatoms. The first-order valence-electron chi connectivity index (χ1n) is 9.20. The summed E-state index contributed by atoms with van der Waals surface area (Å²) in [5, 5.41) is 11.9. The van der Waals surface area contributed by atoms with Crippen LogP contribution in [-0.4, -0.2) is 28.0 Å². The molecule has 0 aromatic heterocycles. The number of anilines is 2. The number of methoxy groups -OCH3 is 1. The van der Waals surface area contributed by atoms with Gasteiger partial charge in [-0.05, 0) is 66.7 Å². The van der Waals surface area contributed by atoms with Gasteiger partial charge in [0.05, 0.1) is 18.7 Å². The Labute approximate surface area is 190 Å². The van der Waals surface area contributed by atoms with E-state index in [0.717, 1.165) is 0 Å². The van der Waals surface area contributed by atoms with Crippen molar-refractivity contribution in [2.45, 2.75) is 4.90 Å². The van der Waals surface area contributed by atoms with E-state index in [0.29, 0.717) is 22.0 Å². The second-order valence-electron chi connectivity index (χ2n) is 6.45. The molecular weight excluding hydrogens is 454 g/mol. The van der Waals surface area contributed by atoms with Crippen LogP contribution < -0.4 is 19.5 Å². The molecule has 32 heavy (non-hydrogen) atoms. The van der Waals surface area contributed by atoms with E-state index in [2.05, 4.69) is 10.0 Å². The summed E-state index contributed by atoms with van der Waals surface area (Å²) < 4.78 is 38.8. The number of hydrogen-bond donors (Lipinski definition) is 2. The fourth-order valence-electron chi connectivity index (χ4n) is 2.66. The molecule has 0 aliphatic heterocycles. The highest BCUT2D eigenvalue weighted by atomic mass is 35.5. The highest BCUT2D eigenvalue weighted by molar-refractivity contribution is 7.92. The number of nitriles is 1. The predicted octanol–water partition coefficient (Wildman–Crippen LogP) is 4.04. The maximum absolute atomic E-state index is 12.9. The number of nitrogens with zero attached hydrogens (tertiary/aromatic N) is 1. The molecule has 0 bridgehead atoms. The smallest absolute Gasteiger partial charge is 0.265 e. The first-order chi connectivity index (χ1) is 15.3. The second kappa shape index (κ2) is 10.0. The highest BCUT2D eigenvalue weighted by Crippen LogP contribution is 2.29. The summed E-state index contributed by atoms with van der Waals surface area (Å²) in [4.78, 5) is 12.1.